The fourth-order valence-electron chi connectivity index (χ4n) is 3.40. The van der Waals surface area contributed by atoms with Crippen molar-refractivity contribution >= 4 is 11.8 Å². The number of rotatable bonds is 5. The van der Waals surface area contributed by atoms with Crippen LogP contribution in [0.4, 0.5) is 0 Å². The Balaban J connectivity index is 1.50. The molecule has 5 heteroatoms. The van der Waals surface area contributed by atoms with Crippen molar-refractivity contribution in [3.63, 3.8) is 0 Å². The highest BCUT2D eigenvalue weighted by Crippen LogP contribution is 2.18. The second-order valence-corrected chi connectivity index (χ2v) is 6.73. The molecule has 0 bridgehead atoms. The summed E-state index contributed by atoms with van der Waals surface area (Å²) in [5, 5.41) is 5.98. The van der Waals surface area contributed by atoms with Gasteiger partial charge in [0, 0.05) is 30.3 Å². The summed E-state index contributed by atoms with van der Waals surface area (Å²) in [5.41, 5.74) is 1.18. The SMILES string of the molecule is O=C(NCC1CCCO1)c1ccc(C(=O)NC2CCCCC2)cc1. The average molecular weight is 330 g/mol. The summed E-state index contributed by atoms with van der Waals surface area (Å²) in [6, 6.07) is 7.15. The fourth-order valence-corrected chi connectivity index (χ4v) is 3.40. The van der Waals surface area contributed by atoms with Crippen LogP contribution >= 0.6 is 0 Å². The molecule has 2 aliphatic rings. The smallest absolute Gasteiger partial charge is 0.251 e. The summed E-state index contributed by atoms with van der Waals surface area (Å²) in [7, 11) is 0. The van der Waals surface area contributed by atoms with Gasteiger partial charge in [-0.1, -0.05) is 19.3 Å². The third-order valence-corrected chi connectivity index (χ3v) is 4.86. The normalized spacial score (nSPS) is 21.4. The van der Waals surface area contributed by atoms with Crippen LogP contribution in [-0.2, 0) is 4.74 Å². The van der Waals surface area contributed by atoms with E-state index in [2.05, 4.69) is 10.6 Å². The van der Waals surface area contributed by atoms with Crippen LogP contribution in [0.3, 0.4) is 0 Å². The van der Waals surface area contributed by atoms with Gasteiger partial charge in [-0.15, -0.1) is 0 Å². The van der Waals surface area contributed by atoms with Crippen LogP contribution in [0.5, 0.6) is 0 Å². The van der Waals surface area contributed by atoms with E-state index in [4.69, 9.17) is 4.74 Å². The zero-order valence-electron chi connectivity index (χ0n) is 14.1. The van der Waals surface area contributed by atoms with E-state index in [0.717, 1.165) is 32.3 Å². The van der Waals surface area contributed by atoms with E-state index in [0.29, 0.717) is 23.7 Å². The fraction of sp³-hybridized carbons (Fsp3) is 0.579. The van der Waals surface area contributed by atoms with Gasteiger partial charge >= 0.3 is 0 Å². The summed E-state index contributed by atoms with van der Waals surface area (Å²) in [6.45, 7) is 1.33. The lowest BCUT2D eigenvalue weighted by Crippen LogP contribution is -2.36. The first-order valence-electron chi connectivity index (χ1n) is 9.03. The molecule has 3 rings (SSSR count). The molecule has 2 amide bonds. The third-order valence-electron chi connectivity index (χ3n) is 4.86. The van der Waals surface area contributed by atoms with Crippen LogP contribution in [-0.4, -0.2) is 37.1 Å². The molecule has 24 heavy (non-hydrogen) atoms. The second kappa shape index (κ2) is 8.29. The summed E-state index contributed by atoms with van der Waals surface area (Å²) in [5.74, 6) is -0.169. The molecule has 130 valence electrons. The molecule has 1 saturated carbocycles. The average Bonchev–Trinajstić information content (AvgIpc) is 3.14. The largest absolute Gasteiger partial charge is 0.376 e. The molecule has 1 aliphatic heterocycles. The lowest BCUT2D eigenvalue weighted by Gasteiger charge is -2.22. The molecule has 2 fully saturated rings. The van der Waals surface area contributed by atoms with Crippen LogP contribution in [0.2, 0.25) is 0 Å². The number of hydrogen-bond donors (Lipinski definition) is 2. The minimum atomic E-state index is -0.121. The molecule has 5 nitrogen and oxygen atoms in total. The Morgan fingerprint density at radius 1 is 0.917 bits per heavy atom. The Hall–Kier alpha value is -1.88. The molecule has 1 unspecified atom stereocenters. The third kappa shape index (κ3) is 4.57. The van der Waals surface area contributed by atoms with Crippen molar-refractivity contribution in [3.05, 3.63) is 35.4 Å². The Morgan fingerprint density at radius 2 is 1.58 bits per heavy atom. The molecule has 1 atom stereocenters. The summed E-state index contributed by atoms with van der Waals surface area (Å²) in [6.07, 6.45) is 7.97. The van der Waals surface area contributed by atoms with Crippen LogP contribution in [0.1, 0.15) is 65.7 Å². The van der Waals surface area contributed by atoms with E-state index in [1.54, 1.807) is 24.3 Å². The summed E-state index contributed by atoms with van der Waals surface area (Å²) < 4.78 is 5.49. The van der Waals surface area contributed by atoms with Crippen molar-refractivity contribution in [2.24, 2.45) is 0 Å². The van der Waals surface area contributed by atoms with Gasteiger partial charge in [-0.2, -0.15) is 0 Å². The van der Waals surface area contributed by atoms with Crippen molar-refractivity contribution in [1.29, 1.82) is 0 Å². The van der Waals surface area contributed by atoms with Crippen molar-refractivity contribution in [2.45, 2.75) is 57.1 Å². The molecule has 1 aromatic carbocycles. The molecule has 1 saturated heterocycles. The van der Waals surface area contributed by atoms with Crippen molar-refractivity contribution < 1.29 is 14.3 Å². The highest BCUT2D eigenvalue weighted by molar-refractivity contribution is 5.97. The standard InChI is InChI=1S/C19H26N2O3/c22-18(20-13-17-7-4-12-24-17)14-8-10-15(11-9-14)19(23)21-16-5-2-1-3-6-16/h8-11,16-17H,1-7,12-13H2,(H,20,22)(H,21,23). The Morgan fingerprint density at radius 3 is 2.21 bits per heavy atom. The Kier molecular flexibility index (Phi) is 5.86. The number of carbonyl (C=O) groups is 2. The van der Waals surface area contributed by atoms with Crippen LogP contribution < -0.4 is 10.6 Å². The van der Waals surface area contributed by atoms with Gasteiger partial charge in [0.25, 0.3) is 11.8 Å². The maximum absolute atomic E-state index is 12.3. The molecular weight excluding hydrogens is 304 g/mol. The van der Waals surface area contributed by atoms with Gasteiger partial charge in [0.15, 0.2) is 0 Å². The second-order valence-electron chi connectivity index (χ2n) is 6.73. The minimum Gasteiger partial charge on any atom is -0.376 e. The van der Waals surface area contributed by atoms with Gasteiger partial charge < -0.3 is 15.4 Å². The predicted octanol–water partition coefficient (Wildman–Crippen LogP) is 2.66. The van der Waals surface area contributed by atoms with E-state index in [9.17, 15) is 9.59 Å². The highest BCUT2D eigenvalue weighted by atomic mass is 16.5. The zero-order valence-corrected chi connectivity index (χ0v) is 14.1. The minimum absolute atomic E-state index is 0.0480. The number of carbonyl (C=O) groups excluding carboxylic acids is 2. The van der Waals surface area contributed by atoms with E-state index < -0.39 is 0 Å². The summed E-state index contributed by atoms with van der Waals surface area (Å²) in [4.78, 5) is 24.4. The van der Waals surface area contributed by atoms with Crippen molar-refractivity contribution in [3.8, 4) is 0 Å². The lowest BCUT2D eigenvalue weighted by molar-refractivity contribution is 0.0856. The van der Waals surface area contributed by atoms with E-state index in [1.807, 2.05) is 0 Å². The van der Waals surface area contributed by atoms with Gasteiger partial charge in [-0.3, -0.25) is 9.59 Å². The first kappa shape index (κ1) is 17.0. The molecule has 1 aromatic rings. The lowest BCUT2D eigenvalue weighted by atomic mass is 9.95. The van der Waals surface area contributed by atoms with Gasteiger partial charge in [0.05, 0.1) is 6.10 Å². The van der Waals surface area contributed by atoms with Crippen LogP contribution in [0.15, 0.2) is 24.3 Å². The molecule has 0 spiro atoms. The van der Waals surface area contributed by atoms with Crippen LogP contribution in [0.25, 0.3) is 0 Å². The van der Waals surface area contributed by atoms with E-state index >= 15 is 0 Å². The van der Waals surface area contributed by atoms with Crippen LogP contribution in [0, 0.1) is 0 Å². The maximum atomic E-state index is 12.3. The van der Waals surface area contributed by atoms with Gasteiger partial charge in [0.2, 0.25) is 0 Å². The Labute approximate surface area is 143 Å². The number of ether oxygens (including phenoxy) is 1. The first-order valence-corrected chi connectivity index (χ1v) is 9.03. The molecule has 2 N–H and O–H groups in total. The van der Waals surface area contributed by atoms with Gasteiger partial charge in [0.1, 0.15) is 0 Å². The van der Waals surface area contributed by atoms with Crippen molar-refractivity contribution in [2.75, 3.05) is 13.2 Å². The number of hydrogen-bond acceptors (Lipinski definition) is 3. The zero-order chi connectivity index (χ0) is 16.8. The number of nitrogens with one attached hydrogen (secondary N) is 2. The quantitative estimate of drug-likeness (QED) is 0.872. The molecule has 0 aromatic heterocycles. The highest BCUT2D eigenvalue weighted by Gasteiger charge is 2.18. The van der Waals surface area contributed by atoms with Crippen molar-refractivity contribution in [1.82, 2.24) is 10.6 Å². The molecular formula is C19H26N2O3. The Bertz CT molecular complexity index is 558. The number of amides is 2. The predicted molar refractivity (Wildman–Crippen MR) is 92.1 cm³/mol. The topological polar surface area (TPSA) is 67.4 Å². The van der Waals surface area contributed by atoms with E-state index in [-0.39, 0.29) is 17.9 Å². The van der Waals surface area contributed by atoms with Gasteiger partial charge in [-0.05, 0) is 49.9 Å². The maximum Gasteiger partial charge on any atom is 0.251 e. The number of benzene rings is 1. The molecule has 1 heterocycles. The monoisotopic (exact) mass is 330 g/mol. The van der Waals surface area contributed by atoms with Gasteiger partial charge in [-0.25, -0.2) is 0 Å². The molecule has 1 aliphatic carbocycles. The summed E-state index contributed by atoms with van der Waals surface area (Å²) >= 11 is 0. The first-order chi connectivity index (χ1) is 11.7. The van der Waals surface area contributed by atoms with E-state index in [1.165, 1.54) is 19.3 Å². The molecule has 0 radical (unpaired) electrons.